The zero-order chi connectivity index (χ0) is 15.6. The number of nitrogens with zero attached hydrogens (tertiary/aromatic N) is 1. The molecule has 0 aliphatic carbocycles. The average molecular weight is 507 g/mol. The Bertz CT molecular complexity index is 1100. The fourth-order valence-electron chi connectivity index (χ4n) is 3.62. The number of hydrogen-bond acceptors (Lipinski definition) is 2. The molecule has 1 nitrogen and oxygen atoms in total. The van der Waals surface area contributed by atoms with E-state index in [0.29, 0.717) is 0 Å². The van der Waals surface area contributed by atoms with Crippen LogP contribution in [0.3, 0.4) is 0 Å². The van der Waals surface area contributed by atoms with Gasteiger partial charge in [0.1, 0.15) is 0 Å². The molecule has 0 atom stereocenters. The molecule has 2 heterocycles. The molecule has 0 saturated heterocycles. The normalized spacial score (nSPS) is 15.6. The summed E-state index contributed by atoms with van der Waals surface area (Å²) >= 11 is 1.88. The van der Waals surface area contributed by atoms with Gasteiger partial charge in [-0.3, -0.25) is 4.98 Å². The summed E-state index contributed by atoms with van der Waals surface area (Å²) in [6, 6.07) is 20.7. The monoisotopic (exact) mass is 507 g/mol. The molecule has 0 fully saturated rings. The predicted octanol–water partition coefficient (Wildman–Crippen LogP) is 5.72. The summed E-state index contributed by atoms with van der Waals surface area (Å²) in [5.74, 6) is 1.10. The van der Waals surface area contributed by atoms with Gasteiger partial charge >= 0.3 is 0 Å². The molecule has 3 heteroatoms. The molecule has 24 heavy (non-hydrogen) atoms. The van der Waals surface area contributed by atoms with E-state index in [-0.39, 0.29) is 25.5 Å². The number of hydrogen-bond donors (Lipinski definition) is 0. The fraction of sp³-hybridized carbons (Fsp3) is 0.190. The second-order valence-corrected chi connectivity index (χ2v) is 7.88. The fourth-order valence-corrected chi connectivity index (χ4v) is 4.92. The van der Waals surface area contributed by atoms with Gasteiger partial charge in [0.25, 0.3) is 0 Å². The van der Waals surface area contributed by atoms with E-state index in [9.17, 15) is 0 Å². The van der Waals surface area contributed by atoms with Crippen molar-refractivity contribution in [2.75, 3.05) is 5.75 Å². The molecule has 1 aliphatic heterocycles. The van der Waals surface area contributed by atoms with E-state index in [0.717, 1.165) is 16.7 Å². The van der Waals surface area contributed by atoms with Gasteiger partial charge in [-0.15, -0.1) is 41.4 Å². The van der Waals surface area contributed by atoms with Crippen molar-refractivity contribution in [3.8, 4) is 0 Å². The van der Waals surface area contributed by atoms with Crippen molar-refractivity contribution < 1.29 is 20.1 Å². The summed E-state index contributed by atoms with van der Waals surface area (Å²) in [6.45, 7) is 4.63. The molecule has 4 aromatic rings. The van der Waals surface area contributed by atoms with Gasteiger partial charge in [0, 0.05) is 31.3 Å². The summed E-state index contributed by atoms with van der Waals surface area (Å²) in [5.41, 5.74) is 2.66. The molecule has 5 rings (SSSR count). The smallest absolute Gasteiger partial charge is 0.0893 e. The van der Waals surface area contributed by atoms with Crippen LogP contribution >= 0.6 is 11.8 Å². The van der Waals surface area contributed by atoms with Gasteiger partial charge in [-0.25, -0.2) is 0 Å². The molecular formula is C21H16IrNS-. The first-order valence-electron chi connectivity index (χ1n) is 7.94. The first-order chi connectivity index (χ1) is 11.1. The van der Waals surface area contributed by atoms with Gasteiger partial charge in [-0.05, 0) is 21.9 Å². The third-order valence-electron chi connectivity index (χ3n) is 4.89. The van der Waals surface area contributed by atoms with Gasteiger partial charge < -0.3 is 0 Å². The van der Waals surface area contributed by atoms with Crippen LogP contribution in [0.15, 0.2) is 53.6 Å². The molecule has 0 saturated carbocycles. The minimum atomic E-state index is 0. The van der Waals surface area contributed by atoms with Crippen molar-refractivity contribution in [1.29, 1.82) is 0 Å². The second-order valence-electron chi connectivity index (χ2n) is 6.91. The Morgan fingerprint density at radius 1 is 1.00 bits per heavy atom. The van der Waals surface area contributed by atoms with E-state index in [2.05, 4.69) is 62.4 Å². The van der Waals surface area contributed by atoms with Crippen molar-refractivity contribution in [1.82, 2.24) is 4.98 Å². The maximum absolute atomic E-state index is 5.06. The van der Waals surface area contributed by atoms with Crippen LogP contribution in [0.25, 0.3) is 32.4 Å². The maximum Gasteiger partial charge on any atom is 0.0893 e. The zero-order valence-corrected chi connectivity index (χ0v) is 16.7. The number of rotatable bonds is 0. The van der Waals surface area contributed by atoms with Gasteiger partial charge in [0.15, 0.2) is 0 Å². The van der Waals surface area contributed by atoms with E-state index in [1.54, 1.807) is 0 Å². The van der Waals surface area contributed by atoms with E-state index >= 15 is 0 Å². The van der Waals surface area contributed by atoms with Crippen LogP contribution in [0, 0.1) is 6.07 Å². The topological polar surface area (TPSA) is 12.9 Å². The maximum atomic E-state index is 5.06. The Morgan fingerprint density at radius 3 is 2.50 bits per heavy atom. The van der Waals surface area contributed by atoms with Crippen molar-refractivity contribution in [3.05, 3.63) is 60.2 Å². The number of thioether (sulfide) groups is 1. The first-order valence-corrected chi connectivity index (χ1v) is 8.93. The van der Waals surface area contributed by atoms with Gasteiger partial charge in [-0.1, -0.05) is 55.0 Å². The molecule has 0 spiro atoms. The Hall–Kier alpha value is -1.41. The van der Waals surface area contributed by atoms with Crippen LogP contribution < -0.4 is 0 Å². The molecule has 0 amide bonds. The summed E-state index contributed by atoms with van der Waals surface area (Å²) in [4.78, 5) is 5.06. The molecule has 3 aromatic carbocycles. The number of pyridine rings is 1. The molecular weight excluding hydrogens is 491 g/mol. The largest absolute Gasteiger partial charge is 0.289 e. The third-order valence-corrected chi connectivity index (χ3v) is 6.34. The molecule has 0 bridgehead atoms. The standard InChI is InChI=1S/C21H16NS.Ir/c1-21(2)12-23-20-18(21)11-17-15-9-4-3-7-13(15)14-8-5-6-10-16(14)19(17)22-20;/h3-9,11H,12H2,1-2H3;/q-1;. The Kier molecular flexibility index (Phi) is 3.72. The van der Waals surface area contributed by atoms with Crippen LogP contribution in [0.4, 0.5) is 0 Å². The van der Waals surface area contributed by atoms with Gasteiger partial charge in [-0.2, -0.15) is 0 Å². The van der Waals surface area contributed by atoms with Crippen LogP contribution in [-0.4, -0.2) is 10.7 Å². The van der Waals surface area contributed by atoms with Gasteiger partial charge in [0.2, 0.25) is 0 Å². The Labute approximate surface area is 159 Å². The number of fused-ring (bicyclic) bond motifs is 7. The number of aromatic nitrogens is 1. The van der Waals surface area contributed by atoms with E-state index in [4.69, 9.17) is 4.98 Å². The first kappa shape index (κ1) is 16.1. The summed E-state index contributed by atoms with van der Waals surface area (Å²) in [5, 5.41) is 7.40. The third kappa shape index (κ3) is 2.15. The van der Waals surface area contributed by atoms with Crippen molar-refractivity contribution in [2.45, 2.75) is 24.3 Å². The SMILES string of the molecule is CC1(C)CSc2nc3c4[c-]cccc4c4ccccc4c3cc21.[Ir]. The molecule has 1 aliphatic rings. The van der Waals surface area contributed by atoms with Crippen LogP contribution in [0.5, 0.6) is 0 Å². The van der Waals surface area contributed by atoms with Crippen molar-refractivity contribution >= 4 is 44.2 Å². The predicted molar refractivity (Wildman–Crippen MR) is 99.3 cm³/mol. The molecule has 1 aromatic heterocycles. The second kappa shape index (κ2) is 5.56. The van der Waals surface area contributed by atoms with Crippen molar-refractivity contribution in [3.63, 3.8) is 0 Å². The number of benzene rings is 3. The summed E-state index contributed by atoms with van der Waals surface area (Å²) in [7, 11) is 0. The molecule has 0 N–H and O–H groups in total. The van der Waals surface area contributed by atoms with Crippen LogP contribution in [0.2, 0.25) is 0 Å². The Morgan fingerprint density at radius 2 is 1.71 bits per heavy atom. The summed E-state index contributed by atoms with van der Waals surface area (Å²) in [6.07, 6.45) is 0. The molecule has 1 radical (unpaired) electrons. The van der Waals surface area contributed by atoms with Crippen LogP contribution in [-0.2, 0) is 25.5 Å². The zero-order valence-electron chi connectivity index (χ0n) is 13.5. The minimum Gasteiger partial charge on any atom is -0.289 e. The van der Waals surface area contributed by atoms with E-state index in [1.807, 2.05) is 17.8 Å². The minimum absolute atomic E-state index is 0. The van der Waals surface area contributed by atoms with Crippen molar-refractivity contribution in [2.24, 2.45) is 0 Å². The Balaban J connectivity index is 0.00000146. The summed E-state index contributed by atoms with van der Waals surface area (Å²) < 4.78 is 0. The molecule has 0 unspecified atom stereocenters. The van der Waals surface area contributed by atoms with E-state index in [1.165, 1.54) is 32.1 Å². The quantitative estimate of drug-likeness (QED) is 0.223. The average Bonchev–Trinajstić information content (AvgIpc) is 2.88. The van der Waals surface area contributed by atoms with Gasteiger partial charge in [0.05, 0.1) is 5.03 Å². The molecule has 121 valence electrons. The van der Waals surface area contributed by atoms with Crippen LogP contribution in [0.1, 0.15) is 19.4 Å². The van der Waals surface area contributed by atoms with E-state index < -0.39 is 0 Å².